The van der Waals surface area contributed by atoms with Gasteiger partial charge in [0.15, 0.2) is 11.3 Å². The van der Waals surface area contributed by atoms with Crippen LogP contribution in [0.1, 0.15) is 26.5 Å². The summed E-state index contributed by atoms with van der Waals surface area (Å²) in [6, 6.07) is 15.3. The summed E-state index contributed by atoms with van der Waals surface area (Å²) in [5, 5.41) is 5.35. The van der Waals surface area contributed by atoms with Gasteiger partial charge in [0.25, 0.3) is 5.56 Å². The standard InChI is InChI=1S/C22H19N3O2S/c1-13-4-8-16(9-5-13)18(26)12-25-22(27)20-21(28-15(3)23-20)19(24-25)17-10-6-14(2)7-11-17/h4-11H,12H2,1-3H3. The number of ketones is 1. The number of hydrogen-bond acceptors (Lipinski definition) is 5. The van der Waals surface area contributed by atoms with Gasteiger partial charge in [0.1, 0.15) is 12.2 Å². The third-order valence-corrected chi connectivity index (χ3v) is 5.58. The lowest BCUT2D eigenvalue weighted by atomic mass is 10.1. The molecule has 2 heterocycles. The van der Waals surface area contributed by atoms with Crippen molar-refractivity contribution in [3.8, 4) is 11.3 Å². The maximum absolute atomic E-state index is 12.9. The Kier molecular flexibility index (Phi) is 4.65. The molecule has 2 aromatic carbocycles. The SMILES string of the molecule is Cc1ccc(C(=O)Cn2nc(-c3ccc(C)cc3)c3sc(C)nc3c2=O)cc1. The van der Waals surface area contributed by atoms with Gasteiger partial charge in [-0.1, -0.05) is 59.7 Å². The fourth-order valence-corrected chi connectivity index (χ4v) is 3.96. The molecular weight excluding hydrogens is 370 g/mol. The predicted octanol–water partition coefficient (Wildman–Crippen LogP) is 4.33. The van der Waals surface area contributed by atoms with Gasteiger partial charge in [-0.25, -0.2) is 9.67 Å². The molecule has 0 aliphatic carbocycles. The smallest absolute Gasteiger partial charge is 0.292 e. The molecule has 0 aliphatic heterocycles. The molecule has 140 valence electrons. The molecule has 0 aliphatic rings. The molecule has 0 radical (unpaired) electrons. The van der Waals surface area contributed by atoms with Gasteiger partial charge in [-0.2, -0.15) is 5.10 Å². The monoisotopic (exact) mass is 389 g/mol. The third kappa shape index (κ3) is 3.39. The molecule has 0 saturated heterocycles. The average molecular weight is 389 g/mol. The maximum atomic E-state index is 12.9. The molecule has 0 fully saturated rings. The summed E-state index contributed by atoms with van der Waals surface area (Å²) in [6.07, 6.45) is 0. The quantitative estimate of drug-likeness (QED) is 0.487. The number of fused-ring (bicyclic) bond motifs is 1. The average Bonchev–Trinajstić information content (AvgIpc) is 3.07. The Balaban J connectivity index is 1.83. The van der Waals surface area contributed by atoms with Crippen molar-refractivity contribution in [2.45, 2.75) is 27.3 Å². The van der Waals surface area contributed by atoms with Gasteiger partial charge < -0.3 is 0 Å². The van der Waals surface area contributed by atoms with Crippen molar-refractivity contribution in [3.63, 3.8) is 0 Å². The highest BCUT2D eigenvalue weighted by Crippen LogP contribution is 2.29. The van der Waals surface area contributed by atoms with E-state index in [1.807, 2.05) is 57.2 Å². The first kappa shape index (κ1) is 18.3. The van der Waals surface area contributed by atoms with Crippen LogP contribution in [0.2, 0.25) is 0 Å². The third-order valence-electron chi connectivity index (χ3n) is 4.60. The minimum absolute atomic E-state index is 0.118. The van der Waals surface area contributed by atoms with E-state index in [2.05, 4.69) is 10.1 Å². The second kappa shape index (κ2) is 7.13. The minimum Gasteiger partial charge on any atom is -0.292 e. The predicted molar refractivity (Wildman–Crippen MR) is 112 cm³/mol. The fraction of sp³-hybridized carbons (Fsp3) is 0.182. The molecule has 5 nitrogen and oxygen atoms in total. The molecule has 0 bridgehead atoms. The molecule has 0 atom stereocenters. The van der Waals surface area contributed by atoms with Crippen LogP contribution in [0, 0.1) is 20.8 Å². The molecule has 0 spiro atoms. The molecule has 0 amide bonds. The van der Waals surface area contributed by atoms with Gasteiger partial charge in [-0.05, 0) is 20.8 Å². The van der Waals surface area contributed by atoms with Gasteiger partial charge in [0, 0.05) is 11.1 Å². The van der Waals surface area contributed by atoms with E-state index >= 15 is 0 Å². The summed E-state index contributed by atoms with van der Waals surface area (Å²) in [4.78, 5) is 30.0. The first-order chi connectivity index (χ1) is 13.4. The number of Topliss-reactive ketones (excluding diaryl/α,β-unsaturated/α-hetero) is 1. The minimum atomic E-state index is -0.337. The van der Waals surface area contributed by atoms with Crippen molar-refractivity contribution < 1.29 is 4.79 Å². The number of aryl methyl sites for hydroxylation is 3. The zero-order chi connectivity index (χ0) is 19.8. The summed E-state index contributed by atoms with van der Waals surface area (Å²) < 4.78 is 1.99. The van der Waals surface area contributed by atoms with Crippen molar-refractivity contribution in [1.29, 1.82) is 0 Å². The van der Waals surface area contributed by atoms with Crippen molar-refractivity contribution in [2.24, 2.45) is 0 Å². The summed E-state index contributed by atoms with van der Waals surface area (Å²) >= 11 is 1.45. The Morgan fingerprint density at radius 1 is 0.964 bits per heavy atom. The lowest BCUT2D eigenvalue weighted by Gasteiger charge is -2.09. The lowest BCUT2D eigenvalue weighted by Crippen LogP contribution is -2.27. The molecular formula is C22H19N3O2S. The molecule has 4 rings (SSSR count). The van der Waals surface area contributed by atoms with Crippen LogP contribution in [0.5, 0.6) is 0 Å². The van der Waals surface area contributed by atoms with Crippen LogP contribution in [-0.4, -0.2) is 20.5 Å². The zero-order valence-corrected chi connectivity index (χ0v) is 16.7. The zero-order valence-electron chi connectivity index (χ0n) is 15.9. The molecule has 6 heteroatoms. The van der Waals surface area contributed by atoms with Crippen LogP contribution < -0.4 is 5.56 Å². The topological polar surface area (TPSA) is 64.8 Å². The van der Waals surface area contributed by atoms with Crippen LogP contribution in [0.15, 0.2) is 53.3 Å². The van der Waals surface area contributed by atoms with Crippen molar-refractivity contribution in [1.82, 2.24) is 14.8 Å². The second-order valence-corrected chi connectivity index (χ2v) is 8.08. The van der Waals surface area contributed by atoms with Gasteiger partial charge in [-0.15, -0.1) is 11.3 Å². The number of nitrogens with zero attached hydrogens (tertiary/aromatic N) is 3. The van der Waals surface area contributed by atoms with Gasteiger partial charge in [0.05, 0.1) is 9.71 Å². The number of rotatable bonds is 4. The van der Waals surface area contributed by atoms with Gasteiger partial charge in [-0.3, -0.25) is 9.59 Å². The van der Waals surface area contributed by atoms with E-state index in [0.717, 1.165) is 26.4 Å². The Bertz CT molecular complexity index is 1240. The summed E-state index contributed by atoms with van der Waals surface area (Å²) in [7, 11) is 0. The van der Waals surface area contributed by atoms with E-state index in [1.165, 1.54) is 16.0 Å². The van der Waals surface area contributed by atoms with Crippen LogP contribution in [0.4, 0.5) is 0 Å². The summed E-state index contributed by atoms with van der Waals surface area (Å²) in [6.45, 7) is 5.73. The molecule has 0 N–H and O–H groups in total. The van der Waals surface area contributed by atoms with E-state index in [9.17, 15) is 9.59 Å². The number of aromatic nitrogens is 3. The highest BCUT2D eigenvalue weighted by molar-refractivity contribution is 7.19. The van der Waals surface area contributed by atoms with E-state index < -0.39 is 0 Å². The summed E-state index contributed by atoms with van der Waals surface area (Å²) in [5.74, 6) is -0.157. The lowest BCUT2D eigenvalue weighted by molar-refractivity contribution is 0.0966. The molecule has 2 aromatic heterocycles. The van der Waals surface area contributed by atoms with Crippen LogP contribution in [0.25, 0.3) is 21.5 Å². The number of benzene rings is 2. The van der Waals surface area contributed by atoms with E-state index in [-0.39, 0.29) is 17.9 Å². The maximum Gasteiger partial charge on any atom is 0.294 e. The van der Waals surface area contributed by atoms with Crippen molar-refractivity contribution in [2.75, 3.05) is 0 Å². The van der Waals surface area contributed by atoms with Crippen LogP contribution in [-0.2, 0) is 6.54 Å². The van der Waals surface area contributed by atoms with E-state index in [4.69, 9.17) is 0 Å². The van der Waals surface area contributed by atoms with E-state index in [0.29, 0.717) is 16.8 Å². The van der Waals surface area contributed by atoms with Crippen LogP contribution >= 0.6 is 11.3 Å². The number of carbonyl (C=O) groups is 1. The molecule has 0 unspecified atom stereocenters. The first-order valence-corrected chi connectivity index (χ1v) is 9.79. The Morgan fingerprint density at radius 2 is 1.57 bits per heavy atom. The van der Waals surface area contributed by atoms with Crippen molar-refractivity contribution in [3.05, 3.63) is 80.6 Å². The highest BCUT2D eigenvalue weighted by Gasteiger charge is 2.18. The number of hydrogen-bond donors (Lipinski definition) is 0. The second-order valence-electron chi connectivity index (χ2n) is 6.88. The van der Waals surface area contributed by atoms with Crippen LogP contribution in [0.3, 0.4) is 0 Å². The summed E-state index contributed by atoms with van der Waals surface area (Å²) in [5.41, 5.74) is 4.38. The Hall–Kier alpha value is -3.12. The molecule has 4 aromatic rings. The number of thiazole rings is 1. The number of carbonyl (C=O) groups excluding carboxylic acids is 1. The van der Waals surface area contributed by atoms with Crippen molar-refractivity contribution >= 4 is 27.3 Å². The molecule has 28 heavy (non-hydrogen) atoms. The molecule has 0 saturated carbocycles. The first-order valence-electron chi connectivity index (χ1n) is 8.97. The fourth-order valence-electron chi connectivity index (χ4n) is 3.04. The normalized spacial score (nSPS) is 11.1. The van der Waals surface area contributed by atoms with Gasteiger partial charge >= 0.3 is 0 Å². The van der Waals surface area contributed by atoms with Gasteiger partial charge in [0.2, 0.25) is 0 Å². The van der Waals surface area contributed by atoms with E-state index in [1.54, 1.807) is 12.1 Å². The Morgan fingerprint density at radius 3 is 2.21 bits per heavy atom. The highest BCUT2D eigenvalue weighted by atomic mass is 32.1. The Labute approximate surface area is 166 Å². The largest absolute Gasteiger partial charge is 0.294 e.